The fraction of sp³-hybridized carbons (Fsp3) is 0.409. The van der Waals surface area contributed by atoms with Crippen LogP contribution < -0.4 is 16.4 Å². The number of nitrogens with zero attached hydrogens (tertiary/aromatic N) is 1. The number of unbranched alkanes of at least 4 members (excludes halogenated alkanes) is 1. The molecule has 0 spiro atoms. The Morgan fingerprint density at radius 1 is 1.30 bits per heavy atom. The summed E-state index contributed by atoms with van der Waals surface area (Å²) >= 11 is 0. The van der Waals surface area contributed by atoms with E-state index in [2.05, 4.69) is 15.6 Å². The van der Waals surface area contributed by atoms with Gasteiger partial charge in [0.1, 0.15) is 29.4 Å². The number of pyridine rings is 1. The van der Waals surface area contributed by atoms with Gasteiger partial charge in [0.15, 0.2) is 0 Å². The van der Waals surface area contributed by atoms with Gasteiger partial charge in [-0.25, -0.2) is 14.2 Å². The Morgan fingerprint density at radius 3 is 2.58 bits per heavy atom. The number of halogens is 1. The number of aliphatic carboxylic acids is 1. The van der Waals surface area contributed by atoms with Crippen LogP contribution in [0.25, 0.3) is 0 Å². The second kappa shape index (κ2) is 13.7. The van der Waals surface area contributed by atoms with Crippen molar-refractivity contribution in [3.8, 4) is 0 Å². The van der Waals surface area contributed by atoms with Crippen molar-refractivity contribution in [2.45, 2.75) is 58.7 Å². The number of ether oxygens (including phenoxy) is 1. The quantitative estimate of drug-likeness (QED) is 0.206. The molecular weight excluding hydrogens is 435 g/mol. The molecule has 5 N–H and O–H groups in total. The second-order valence-electron chi connectivity index (χ2n) is 7.01. The number of rotatable bonds is 12. The van der Waals surface area contributed by atoms with Crippen molar-refractivity contribution in [2.24, 2.45) is 5.73 Å². The lowest BCUT2D eigenvalue weighted by Crippen LogP contribution is -2.44. The van der Waals surface area contributed by atoms with Crippen molar-refractivity contribution in [1.29, 1.82) is 0 Å². The lowest BCUT2D eigenvalue weighted by Gasteiger charge is -2.18. The number of hydrogen-bond acceptors (Lipinski definition) is 7. The van der Waals surface area contributed by atoms with Crippen LogP contribution in [-0.4, -0.2) is 46.0 Å². The Labute approximate surface area is 191 Å². The SMILES string of the molecule is C/C=C(\NC(=O)c1cc(F)cc(CN)n1)C(=O)N[C@@H](C)C(=O)O[C@H](/C=C/CCC)CC(=O)O. The minimum atomic E-state index is -1.15. The van der Waals surface area contributed by atoms with E-state index in [4.69, 9.17) is 15.6 Å². The minimum absolute atomic E-state index is 0.0782. The molecule has 2 atom stereocenters. The Balaban J connectivity index is 2.79. The number of hydrogen-bond donors (Lipinski definition) is 4. The molecule has 1 aromatic heterocycles. The molecule has 11 heteroatoms. The van der Waals surface area contributed by atoms with Crippen molar-refractivity contribution in [2.75, 3.05) is 0 Å². The minimum Gasteiger partial charge on any atom is -0.481 e. The first kappa shape index (κ1) is 27.4. The van der Waals surface area contributed by atoms with E-state index < -0.39 is 48.1 Å². The summed E-state index contributed by atoms with van der Waals surface area (Å²) in [7, 11) is 0. The lowest BCUT2D eigenvalue weighted by atomic mass is 10.2. The normalized spacial score (nSPS) is 13.3. The molecule has 0 fully saturated rings. The number of carboxylic acids is 1. The van der Waals surface area contributed by atoms with Crippen LogP contribution in [0, 0.1) is 5.82 Å². The Hall–Kier alpha value is -3.60. The van der Waals surface area contributed by atoms with E-state index >= 15 is 0 Å². The third-order valence-electron chi connectivity index (χ3n) is 4.22. The fourth-order valence-corrected chi connectivity index (χ4v) is 2.54. The van der Waals surface area contributed by atoms with Crippen molar-refractivity contribution >= 4 is 23.8 Å². The molecule has 1 aromatic rings. The molecule has 0 radical (unpaired) electrons. The van der Waals surface area contributed by atoms with Gasteiger partial charge in [0, 0.05) is 12.6 Å². The van der Waals surface area contributed by atoms with Crippen LogP contribution in [0.4, 0.5) is 4.39 Å². The number of aromatic nitrogens is 1. The Bertz CT molecular complexity index is 931. The highest BCUT2D eigenvalue weighted by molar-refractivity contribution is 6.02. The molecule has 0 aliphatic rings. The molecule has 0 aromatic carbocycles. The number of carbonyl (C=O) groups excluding carboxylic acids is 3. The van der Waals surface area contributed by atoms with E-state index in [1.54, 1.807) is 6.08 Å². The molecule has 1 rings (SSSR count). The molecule has 10 nitrogen and oxygen atoms in total. The third-order valence-corrected chi connectivity index (χ3v) is 4.22. The molecular formula is C22H29FN4O6. The molecule has 0 aliphatic heterocycles. The van der Waals surface area contributed by atoms with Crippen LogP contribution in [0.5, 0.6) is 0 Å². The summed E-state index contributed by atoms with van der Waals surface area (Å²) < 4.78 is 18.8. The number of nitrogens with one attached hydrogen (secondary N) is 2. The summed E-state index contributed by atoms with van der Waals surface area (Å²) in [5.41, 5.74) is 5.11. The van der Waals surface area contributed by atoms with Gasteiger partial charge < -0.3 is 26.2 Å². The van der Waals surface area contributed by atoms with Crippen molar-refractivity contribution in [1.82, 2.24) is 15.6 Å². The van der Waals surface area contributed by atoms with Gasteiger partial charge >= 0.3 is 11.9 Å². The van der Waals surface area contributed by atoms with E-state index in [-0.39, 0.29) is 23.6 Å². The average molecular weight is 464 g/mol. The molecule has 0 aliphatic carbocycles. The van der Waals surface area contributed by atoms with Crippen molar-refractivity contribution < 1.29 is 33.4 Å². The first-order valence-corrected chi connectivity index (χ1v) is 10.3. The zero-order valence-electron chi connectivity index (χ0n) is 18.8. The maximum atomic E-state index is 13.6. The van der Waals surface area contributed by atoms with E-state index in [9.17, 15) is 23.6 Å². The summed E-state index contributed by atoms with van der Waals surface area (Å²) in [6.45, 7) is 4.69. The maximum absolute atomic E-state index is 13.6. The highest BCUT2D eigenvalue weighted by Crippen LogP contribution is 2.07. The molecule has 180 valence electrons. The number of carboxylic acid groups (broad SMARTS) is 1. The summed E-state index contributed by atoms with van der Waals surface area (Å²) in [4.78, 5) is 52.1. The van der Waals surface area contributed by atoms with Gasteiger partial charge in [0.05, 0.1) is 12.1 Å². The van der Waals surface area contributed by atoms with Gasteiger partial charge in [0.2, 0.25) is 0 Å². The molecule has 0 unspecified atom stereocenters. The fourth-order valence-electron chi connectivity index (χ4n) is 2.54. The van der Waals surface area contributed by atoms with Crippen LogP contribution in [-0.2, 0) is 25.7 Å². The van der Waals surface area contributed by atoms with Crippen molar-refractivity contribution in [3.63, 3.8) is 0 Å². The van der Waals surface area contributed by atoms with Gasteiger partial charge in [-0.3, -0.25) is 14.4 Å². The van der Waals surface area contributed by atoms with Gasteiger partial charge in [0.25, 0.3) is 11.8 Å². The highest BCUT2D eigenvalue weighted by atomic mass is 19.1. The molecule has 0 bridgehead atoms. The van der Waals surface area contributed by atoms with E-state index in [1.165, 1.54) is 26.0 Å². The van der Waals surface area contributed by atoms with E-state index in [1.807, 2.05) is 6.92 Å². The predicted octanol–water partition coefficient (Wildman–Crippen LogP) is 1.56. The second-order valence-corrected chi connectivity index (χ2v) is 7.01. The maximum Gasteiger partial charge on any atom is 0.328 e. The van der Waals surface area contributed by atoms with Crippen LogP contribution in [0.15, 0.2) is 36.1 Å². The Morgan fingerprint density at radius 2 is 2.00 bits per heavy atom. The molecule has 0 saturated carbocycles. The van der Waals surface area contributed by atoms with E-state index in [0.717, 1.165) is 18.6 Å². The third kappa shape index (κ3) is 9.60. The molecule has 33 heavy (non-hydrogen) atoms. The first-order valence-electron chi connectivity index (χ1n) is 10.3. The standard InChI is InChI=1S/C22H29FN4O6/c1-4-6-7-8-16(11-19(28)29)33-22(32)13(3)25-20(30)17(5-2)27-21(31)18-10-14(23)9-15(12-24)26-18/h5,7-10,13,16H,4,6,11-12,24H2,1-3H3,(H,25,30)(H,27,31)(H,28,29)/b8-7+,17-5-/t13-,16+/m0/s1. The first-order chi connectivity index (χ1) is 15.6. The summed E-state index contributed by atoms with van der Waals surface area (Å²) in [6, 6.07) is 0.841. The average Bonchev–Trinajstić information content (AvgIpc) is 2.76. The number of amides is 2. The van der Waals surface area contributed by atoms with Crippen LogP contribution in [0.1, 0.15) is 56.2 Å². The number of esters is 1. The lowest BCUT2D eigenvalue weighted by molar-refractivity contribution is -0.153. The zero-order valence-corrected chi connectivity index (χ0v) is 18.8. The van der Waals surface area contributed by atoms with Gasteiger partial charge in [-0.2, -0.15) is 0 Å². The number of allylic oxidation sites excluding steroid dienone is 2. The zero-order chi connectivity index (χ0) is 25.0. The smallest absolute Gasteiger partial charge is 0.328 e. The van der Waals surface area contributed by atoms with E-state index in [0.29, 0.717) is 6.42 Å². The number of carbonyl (C=O) groups is 4. The van der Waals surface area contributed by atoms with Crippen molar-refractivity contribution in [3.05, 3.63) is 53.3 Å². The molecule has 2 amide bonds. The van der Waals surface area contributed by atoms with Gasteiger partial charge in [-0.05, 0) is 32.4 Å². The summed E-state index contributed by atoms with van der Waals surface area (Å²) in [5.74, 6) is -4.35. The summed E-state index contributed by atoms with van der Waals surface area (Å²) in [6.07, 6.45) is 4.61. The van der Waals surface area contributed by atoms with Gasteiger partial charge in [-0.15, -0.1) is 0 Å². The van der Waals surface area contributed by atoms with Crippen LogP contribution >= 0.6 is 0 Å². The topological polar surface area (TPSA) is 161 Å². The van der Waals surface area contributed by atoms with Crippen LogP contribution in [0.2, 0.25) is 0 Å². The Kier molecular flexibility index (Phi) is 11.4. The largest absolute Gasteiger partial charge is 0.481 e. The van der Waals surface area contributed by atoms with Crippen LogP contribution in [0.3, 0.4) is 0 Å². The molecule has 1 heterocycles. The molecule has 0 saturated heterocycles. The highest BCUT2D eigenvalue weighted by Gasteiger charge is 2.24. The van der Waals surface area contributed by atoms with Gasteiger partial charge in [-0.1, -0.05) is 25.5 Å². The number of nitrogens with two attached hydrogens (primary N) is 1. The summed E-state index contributed by atoms with van der Waals surface area (Å²) in [5, 5.41) is 13.7. The monoisotopic (exact) mass is 464 g/mol. The predicted molar refractivity (Wildman–Crippen MR) is 117 cm³/mol.